The number of nitrogens with one attached hydrogen (secondary N) is 1. The molecule has 1 rings (SSSR count). The second kappa shape index (κ2) is 5.51. The van der Waals surface area contributed by atoms with Gasteiger partial charge in [0, 0.05) is 26.2 Å². The van der Waals surface area contributed by atoms with Crippen LogP contribution in [0.4, 0.5) is 0 Å². The molecule has 0 spiro atoms. The molecule has 72 valence electrons. The molecule has 0 bridgehead atoms. The molecular formula is C9H20N2O. The van der Waals surface area contributed by atoms with Gasteiger partial charge < -0.3 is 15.3 Å². The summed E-state index contributed by atoms with van der Waals surface area (Å²) in [4.78, 5) is 2.43. The van der Waals surface area contributed by atoms with Crippen LogP contribution in [0.5, 0.6) is 0 Å². The molecule has 1 aliphatic heterocycles. The molecule has 0 aromatic heterocycles. The van der Waals surface area contributed by atoms with Crippen molar-refractivity contribution in [1.29, 1.82) is 0 Å². The van der Waals surface area contributed by atoms with E-state index in [2.05, 4.69) is 17.1 Å². The highest BCUT2D eigenvalue weighted by atomic mass is 16.3. The molecule has 3 heteroatoms. The Labute approximate surface area is 74.8 Å². The van der Waals surface area contributed by atoms with E-state index in [1.807, 2.05) is 0 Å². The van der Waals surface area contributed by atoms with Gasteiger partial charge >= 0.3 is 0 Å². The van der Waals surface area contributed by atoms with Crippen LogP contribution in [0.2, 0.25) is 0 Å². The number of aliphatic hydroxyl groups is 1. The van der Waals surface area contributed by atoms with Crippen LogP contribution < -0.4 is 5.32 Å². The van der Waals surface area contributed by atoms with Crippen molar-refractivity contribution in [2.24, 2.45) is 5.92 Å². The standard InChI is InChI=1S/C9H20N2O/c1-9(8-12)7-11-5-2-3-10-4-6-11/h9-10,12H,2-8H2,1H3. The third kappa shape index (κ3) is 3.52. The van der Waals surface area contributed by atoms with Crippen molar-refractivity contribution >= 4 is 0 Å². The molecule has 0 aliphatic carbocycles. The van der Waals surface area contributed by atoms with Gasteiger partial charge in [0.2, 0.25) is 0 Å². The van der Waals surface area contributed by atoms with Gasteiger partial charge in [0.25, 0.3) is 0 Å². The van der Waals surface area contributed by atoms with Crippen LogP contribution in [0.1, 0.15) is 13.3 Å². The molecule has 2 N–H and O–H groups in total. The molecule has 3 nitrogen and oxygen atoms in total. The summed E-state index contributed by atoms with van der Waals surface area (Å²) in [6, 6.07) is 0. The van der Waals surface area contributed by atoms with Crippen molar-refractivity contribution in [2.45, 2.75) is 13.3 Å². The first kappa shape index (κ1) is 9.96. The van der Waals surface area contributed by atoms with E-state index < -0.39 is 0 Å². The van der Waals surface area contributed by atoms with Crippen molar-refractivity contribution in [1.82, 2.24) is 10.2 Å². The first-order chi connectivity index (χ1) is 5.83. The quantitative estimate of drug-likeness (QED) is 0.624. The Balaban J connectivity index is 2.20. The van der Waals surface area contributed by atoms with Crippen LogP contribution in [-0.2, 0) is 0 Å². The molecule has 1 heterocycles. The summed E-state index contributed by atoms with van der Waals surface area (Å²) in [5.74, 6) is 0.420. The van der Waals surface area contributed by atoms with Gasteiger partial charge in [-0.15, -0.1) is 0 Å². The van der Waals surface area contributed by atoms with Crippen LogP contribution >= 0.6 is 0 Å². The van der Waals surface area contributed by atoms with E-state index in [4.69, 9.17) is 5.11 Å². The van der Waals surface area contributed by atoms with Gasteiger partial charge in [-0.3, -0.25) is 0 Å². The number of nitrogens with zero attached hydrogens (tertiary/aromatic N) is 1. The van der Waals surface area contributed by atoms with Crippen LogP contribution in [0.25, 0.3) is 0 Å². The summed E-state index contributed by atoms with van der Waals surface area (Å²) in [5.41, 5.74) is 0. The smallest absolute Gasteiger partial charge is 0.0468 e. The molecule has 1 unspecified atom stereocenters. The van der Waals surface area contributed by atoms with Crippen molar-refractivity contribution in [3.05, 3.63) is 0 Å². The highest BCUT2D eigenvalue weighted by molar-refractivity contribution is 4.67. The average molecular weight is 172 g/mol. The Morgan fingerprint density at radius 1 is 1.42 bits per heavy atom. The average Bonchev–Trinajstić information content (AvgIpc) is 2.33. The van der Waals surface area contributed by atoms with Gasteiger partial charge in [0.15, 0.2) is 0 Å². The minimum Gasteiger partial charge on any atom is -0.396 e. The lowest BCUT2D eigenvalue weighted by Crippen LogP contribution is -2.33. The Morgan fingerprint density at radius 3 is 3.00 bits per heavy atom. The molecule has 0 amide bonds. The van der Waals surface area contributed by atoms with E-state index in [1.165, 1.54) is 13.0 Å². The van der Waals surface area contributed by atoms with E-state index in [1.54, 1.807) is 0 Å². The molecule has 0 aromatic rings. The van der Waals surface area contributed by atoms with E-state index in [0.717, 1.165) is 26.2 Å². The number of hydrogen-bond acceptors (Lipinski definition) is 3. The summed E-state index contributed by atoms with van der Waals surface area (Å²) in [7, 11) is 0. The van der Waals surface area contributed by atoms with Gasteiger partial charge in [-0.05, 0) is 25.4 Å². The summed E-state index contributed by atoms with van der Waals surface area (Å²) >= 11 is 0. The molecule has 12 heavy (non-hydrogen) atoms. The van der Waals surface area contributed by atoms with Crippen molar-refractivity contribution in [3.63, 3.8) is 0 Å². The number of rotatable bonds is 3. The molecule has 1 atom stereocenters. The first-order valence-corrected chi connectivity index (χ1v) is 4.87. The summed E-state index contributed by atoms with van der Waals surface area (Å²) in [6.45, 7) is 7.99. The lowest BCUT2D eigenvalue weighted by molar-refractivity contribution is 0.178. The highest BCUT2D eigenvalue weighted by Gasteiger charge is 2.10. The fraction of sp³-hybridized carbons (Fsp3) is 1.00. The maximum Gasteiger partial charge on any atom is 0.0468 e. The second-order valence-electron chi connectivity index (χ2n) is 3.69. The van der Waals surface area contributed by atoms with Gasteiger partial charge in [-0.25, -0.2) is 0 Å². The van der Waals surface area contributed by atoms with E-state index in [0.29, 0.717) is 12.5 Å². The third-order valence-corrected chi connectivity index (χ3v) is 2.31. The first-order valence-electron chi connectivity index (χ1n) is 4.87. The topological polar surface area (TPSA) is 35.5 Å². The lowest BCUT2D eigenvalue weighted by Gasteiger charge is -2.22. The van der Waals surface area contributed by atoms with Gasteiger partial charge in [-0.2, -0.15) is 0 Å². The summed E-state index contributed by atoms with van der Waals surface area (Å²) < 4.78 is 0. The highest BCUT2D eigenvalue weighted by Crippen LogP contribution is 2.01. The number of hydrogen-bond donors (Lipinski definition) is 2. The van der Waals surface area contributed by atoms with E-state index >= 15 is 0 Å². The Bertz CT molecular complexity index is 111. The zero-order chi connectivity index (χ0) is 8.81. The molecule has 0 radical (unpaired) electrons. The SMILES string of the molecule is CC(CO)CN1CCCNCC1. The molecule has 0 aromatic carbocycles. The van der Waals surface area contributed by atoms with Crippen molar-refractivity contribution < 1.29 is 5.11 Å². The van der Waals surface area contributed by atoms with Gasteiger partial charge in [-0.1, -0.05) is 6.92 Å². The molecule has 1 fully saturated rings. The van der Waals surface area contributed by atoms with Crippen LogP contribution in [0.15, 0.2) is 0 Å². The second-order valence-corrected chi connectivity index (χ2v) is 3.69. The Hall–Kier alpha value is -0.120. The zero-order valence-electron chi connectivity index (χ0n) is 7.92. The molecule has 1 aliphatic rings. The van der Waals surface area contributed by atoms with Crippen LogP contribution in [-0.4, -0.2) is 49.3 Å². The van der Waals surface area contributed by atoms with Crippen molar-refractivity contribution in [3.8, 4) is 0 Å². The largest absolute Gasteiger partial charge is 0.396 e. The predicted octanol–water partition coefficient (Wildman–Crippen LogP) is -0.0899. The molecular weight excluding hydrogens is 152 g/mol. The number of aliphatic hydroxyl groups excluding tert-OH is 1. The van der Waals surface area contributed by atoms with Crippen LogP contribution in [0.3, 0.4) is 0 Å². The van der Waals surface area contributed by atoms with Gasteiger partial charge in [0.1, 0.15) is 0 Å². The Kier molecular flexibility index (Phi) is 4.58. The predicted molar refractivity (Wildman–Crippen MR) is 50.2 cm³/mol. The van der Waals surface area contributed by atoms with Gasteiger partial charge in [0.05, 0.1) is 0 Å². The maximum atomic E-state index is 8.89. The summed E-state index contributed by atoms with van der Waals surface area (Å²) in [6.07, 6.45) is 1.23. The molecule has 0 saturated carbocycles. The normalized spacial score (nSPS) is 23.5. The summed E-state index contributed by atoms with van der Waals surface area (Å²) in [5, 5.41) is 12.3. The fourth-order valence-electron chi connectivity index (χ4n) is 1.58. The molecule has 1 saturated heterocycles. The fourth-order valence-corrected chi connectivity index (χ4v) is 1.58. The van der Waals surface area contributed by atoms with E-state index in [-0.39, 0.29) is 0 Å². The maximum absolute atomic E-state index is 8.89. The minimum atomic E-state index is 0.309. The van der Waals surface area contributed by atoms with Crippen molar-refractivity contribution in [2.75, 3.05) is 39.3 Å². The zero-order valence-corrected chi connectivity index (χ0v) is 7.92. The minimum absolute atomic E-state index is 0.309. The lowest BCUT2D eigenvalue weighted by atomic mass is 10.2. The van der Waals surface area contributed by atoms with E-state index in [9.17, 15) is 0 Å². The monoisotopic (exact) mass is 172 g/mol. The van der Waals surface area contributed by atoms with Crippen LogP contribution in [0, 0.1) is 5.92 Å². The third-order valence-electron chi connectivity index (χ3n) is 2.31. The Morgan fingerprint density at radius 2 is 2.25 bits per heavy atom.